The Kier molecular flexibility index (Phi) is 3.93. The molecule has 0 bridgehead atoms. The van der Waals surface area contributed by atoms with E-state index in [9.17, 15) is 9.18 Å². The van der Waals surface area contributed by atoms with Crippen molar-refractivity contribution in [1.82, 2.24) is 0 Å². The molecule has 3 N–H and O–H groups in total. The molecule has 2 rings (SSSR count). The lowest BCUT2D eigenvalue weighted by atomic mass is 10.2. The molecule has 19 heavy (non-hydrogen) atoms. The Balaban J connectivity index is 2.28. The zero-order chi connectivity index (χ0) is 14.0. The first-order valence-electron chi connectivity index (χ1n) is 5.28. The van der Waals surface area contributed by atoms with Gasteiger partial charge in [-0.1, -0.05) is 23.2 Å². The van der Waals surface area contributed by atoms with E-state index in [4.69, 9.17) is 28.9 Å². The summed E-state index contributed by atoms with van der Waals surface area (Å²) in [4.78, 5) is 11.9. The van der Waals surface area contributed by atoms with Crippen molar-refractivity contribution >= 4 is 40.5 Å². The maximum Gasteiger partial charge on any atom is 0.255 e. The number of nitrogens with two attached hydrogens (primary N) is 1. The monoisotopic (exact) mass is 298 g/mol. The van der Waals surface area contributed by atoms with E-state index in [0.717, 1.165) is 0 Å². The lowest BCUT2D eigenvalue weighted by Crippen LogP contribution is -2.13. The first-order chi connectivity index (χ1) is 8.95. The molecule has 6 heteroatoms. The van der Waals surface area contributed by atoms with Crippen LogP contribution in [-0.4, -0.2) is 5.91 Å². The Morgan fingerprint density at radius 1 is 1.11 bits per heavy atom. The molecule has 0 atom stereocenters. The number of carbonyl (C=O) groups is 1. The fraction of sp³-hybridized carbons (Fsp3) is 0. The molecular weight excluding hydrogens is 290 g/mol. The van der Waals surface area contributed by atoms with Gasteiger partial charge < -0.3 is 11.1 Å². The minimum atomic E-state index is -0.576. The van der Waals surface area contributed by atoms with Crippen molar-refractivity contribution in [2.24, 2.45) is 0 Å². The van der Waals surface area contributed by atoms with Gasteiger partial charge in [-0.15, -0.1) is 0 Å². The van der Waals surface area contributed by atoms with Crippen LogP contribution in [0.1, 0.15) is 10.4 Å². The van der Waals surface area contributed by atoms with Gasteiger partial charge in [-0.2, -0.15) is 0 Å². The molecule has 0 aromatic heterocycles. The van der Waals surface area contributed by atoms with Crippen LogP contribution in [0.5, 0.6) is 0 Å². The van der Waals surface area contributed by atoms with Gasteiger partial charge in [-0.25, -0.2) is 4.39 Å². The SMILES string of the molecule is Nc1cc(Cl)cc(C(=O)Nc2cc(Cl)ccc2F)c1. The molecule has 2 aromatic carbocycles. The van der Waals surface area contributed by atoms with Crippen molar-refractivity contribution < 1.29 is 9.18 Å². The molecular formula is C13H9Cl2FN2O. The molecule has 0 fully saturated rings. The molecule has 0 radical (unpaired) electrons. The smallest absolute Gasteiger partial charge is 0.255 e. The number of nitrogen functional groups attached to an aromatic ring is 1. The summed E-state index contributed by atoms with van der Waals surface area (Å²) in [7, 11) is 0. The minimum absolute atomic E-state index is 0.00366. The predicted octanol–water partition coefficient (Wildman–Crippen LogP) is 3.97. The Bertz CT molecular complexity index is 626. The van der Waals surface area contributed by atoms with Crippen LogP contribution in [0.15, 0.2) is 36.4 Å². The van der Waals surface area contributed by atoms with Crippen molar-refractivity contribution in [3.8, 4) is 0 Å². The zero-order valence-electron chi connectivity index (χ0n) is 9.58. The number of anilines is 2. The summed E-state index contributed by atoms with van der Waals surface area (Å²) in [5.41, 5.74) is 6.17. The number of rotatable bonds is 2. The number of nitrogens with one attached hydrogen (secondary N) is 1. The van der Waals surface area contributed by atoms with Gasteiger partial charge in [0.15, 0.2) is 0 Å². The van der Waals surface area contributed by atoms with Crippen molar-refractivity contribution in [2.75, 3.05) is 11.1 Å². The number of benzene rings is 2. The fourth-order valence-electron chi connectivity index (χ4n) is 1.53. The van der Waals surface area contributed by atoms with Gasteiger partial charge in [0.05, 0.1) is 5.69 Å². The van der Waals surface area contributed by atoms with Crippen LogP contribution in [0.25, 0.3) is 0 Å². The molecule has 0 saturated carbocycles. The second-order valence-corrected chi connectivity index (χ2v) is 4.72. The number of carbonyl (C=O) groups excluding carboxylic acids is 1. The van der Waals surface area contributed by atoms with Crippen LogP contribution < -0.4 is 11.1 Å². The molecule has 0 spiro atoms. The van der Waals surface area contributed by atoms with Gasteiger partial charge in [-0.05, 0) is 36.4 Å². The second-order valence-electron chi connectivity index (χ2n) is 3.85. The summed E-state index contributed by atoms with van der Waals surface area (Å²) >= 11 is 11.5. The molecule has 1 amide bonds. The first kappa shape index (κ1) is 13.6. The first-order valence-corrected chi connectivity index (χ1v) is 6.04. The Hall–Kier alpha value is -1.78. The summed E-state index contributed by atoms with van der Waals surface area (Å²) in [5.74, 6) is -1.09. The number of hydrogen-bond acceptors (Lipinski definition) is 2. The van der Waals surface area contributed by atoms with E-state index in [1.165, 1.54) is 36.4 Å². The van der Waals surface area contributed by atoms with Gasteiger partial charge in [-0.3, -0.25) is 4.79 Å². The van der Waals surface area contributed by atoms with E-state index in [-0.39, 0.29) is 11.3 Å². The molecule has 0 unspecified atom stereocenters. The zero-order valence-corrected chi connectivity index (χ0v) is 11.1. The molecule has 0 heterocycles. The quantitative estimate of drug-likeness (QED) is 0.824. The molecule has 0 aliphatic heterocycles. The Labute approximate surface area is 119 Å². The maximum atomic E-state index is 13.5. The van der Waals surface area contributed by atoms with Gasteiger partial charge in [0.25, 0.3) is 5.91 Å². The fourth-order valence-corrected chi connectivity index (χ4v) is 1.95. The van der Waals surface area contributed by atoms with E-state index < -0.39 is 11.7 Å². The van der Waals surface area contributed by atoms with E-state index in [1.807, 2.05) is 0 Å². The molecule has 0 aliphatic carbocycles. The third kappa shape index (κ3) is 3.36. The van der Waals surface area contributed by atoms with Crippen molar-refractivity contribution in [1.29, 1.82) is 0 Å². The normalized spacial score (nSPS) is 10.3. The summed E-state index contributed by atoms with van der Waals surface area (Å²) < 4.78 is 13.5. The van der Waals surface area contributed by atoms with Crippen molar-refractivity contribution in [3.05, 3.63) is 57.8 Å². The minimum Gasteiger partial charge on any atom is -0.399 e. The molecule has 0 saturated heterocycles. The molecule has 2 aromatic rings. The Morgan fingerprint density at radius 2 is 1.84 bits per heavy atom. The van der Waals surface area contributed by atoms with Crippen LogP contribution in [0, 0.1) is 5.82 Å². The predicted molar refractivity (Wildman–Crippen MR) is 75.2 cm³/mol. The van der Waals surface area contributed by atoms with Crippen LogP contribution >= 0.6 is 23.2 Å². The molecule has 98 valence electrons. The summed E-state index contributed by atoms with van der Waals surface area (Å²) in [6.45, 7) is 0. The average molecular weight is 299 g/mol. The third-order valence-corrected chi connectivity index (χ3v) is 2.81. The summed E-state index contributed by atoms with van der Waals surface area (Å²) in [6.07, 6.45) is 0. The van der Waals surface area contributed by atoms with Gasteiger partial charge in [0, 0.05) is 21.3 Å². The highest BCUT2D eigenvalue weighted by atomic mass is 35.5. The summed E-state index contributed by atoms with van der Waals surface area (Å²) in [5, 5.41) is 3.06. The highest BCUT2D eigenvalue weighted by Gasteiger charge is 2.11. The largest absolute Gasteiger partial charge is 0.399 e. The van der Waals surface area contributed by atoms with Crippen LogP contribution in [0.2, 0.25) is 10.0 Å². The lowest BCUT2D eigenvalue weighted by Gasteiger charge is -2.08. The van der Waals surface area contributed by atoms with Crippen LogP contribution in [0.3, 0.4) is 0 Å². The lowest BCUT2D eigenvalue weighted by molar-refractivity contribution is 0.102. The van der Waals surface area contributed by atoms with E-state index in [2.05, 4.69) is 5.32 Å². The third-order valence-electron chi connectivity index (χ3n) is 2.36. The topological polar surface area (TPSA) is 55.1 Å². The van der Waals surface area contributed by atoms with E-state index >= 15 is 0 Å². The van der Waals surface area contributed by atoms with Gasteiger partial charge >= 0.3 is 0 Å². The molecule has 0 aliphatic rings. The average Bonchev–Trinajstić information content (AvgIpc) is 2.32. The molecule has 3 nitrogen and oxygen atoms in total. The number of hydrogen-bond donors (Lipinski definition) is 2. The van der Waals surface area contributed by atoms with Crippen molar-refractivity contribution in [3.63, 3.8) is 0 Å². The van der Waals surface area contributed by atoms with Crippen LogP contribution in [0.4, 0.5) is 15.8 Å². The highest BCUT2D eigenvalue weighted by molar-refractivity contribution is 6.31. The van der Waals surface area contributed by atoms with Crippen molar-refractivity contribution in [2.45, 2.75) is 0 Å². The highest BCUT2D eigenvalue weighted by Crippen LogP contribution is 2.22. The van der Waals surface area contributed by atoms with Gasteiger partial charge in [0.2, 0.25) is 0 Å². The maximum absolute atomic E-state index is 13.5. The van der Waals surface area contributed by atoms with E-state index in [1.54, 1.807) is 0 Å². The van der Waals surface area contributed by atoms with Gasteiger partial charge in [0.1, 0.15) is 5.82 Å². The number of amides is 1. The second kappa shape index (κ2) is 5.47. The number of halogens is 3. The van der Waals surface area contributed by atoms with E-state index in [0.29, 0.717) is 15.7 Å². The Morgan fingerprint density at radius 3 is 2.53 bits per heavy atom. The standard InChI is InChI=1S/C13H9Cl2FN2O/c14-8-1-2-11(16)12(6-8)18-13(19)7-3-9(15)5-10(17)4-7/h1-6H,17H2,(H,18,19). The van der Waals surface area contributed by atoms with Crippen LogP contribution in [-0.2, 0) is 0 Å². The summed E-state index contributed by atoms with van der Waals surface area (Å²) in [6, 6.07) is 8.29.